The van der Waals surface area contributed by atoms with Gasteiger partial charge in [-0.25, -0.2) is 4.68 Å². The number of nitrogens with zero attached hydrogens (tertiary/aromatic N) is 4. The average molecular weight is 353 g/mol. The number of aromatic nitrogens is 4. The maximum absolute atomic E-state index is 12.0. The fourth-order valence-electron chi connectivity index (χ4n) is 2.32. The van der Waals surface area contributed by atoms with Gasteiger partial charge < -0.3 is 5.32 Å². The number of hydrogen-bond donors (Lipinski definition) is 1. The number of aryl methyl sites for hydroxylation is 1. The van der Waals surface area contributed by atoms with Crippen LogP contribution in [0.4, 0.5) is 0 Å². The first-order valence-corrected chi connectivity index (χ1v) is 9.18. The van der Waals surface area contributed by atoms with E-state index in [1.165, 1.54) is 4.90 Å². The van der Waals surface area contributed by atoms with Gasteiger partial charge in [-0.2, -0.15) is 0 Å². The summed E-state index contributed by atoms with van der Waals surface area (Å²) in [6.45, 7) is 0.366. The van der Waals surface area contributed by atoms with Crippen molar-refractivity contribution < 1.29 is 4.79 Å². The SMILES string of the molecule is CSc1ccc(CCC(=O)NCc2cn(-c3cccnc3)nn2)cc1. The largest absolute Gasteiger partial charge is 0.350 e. The van der Waals surface area contributed by atoms with E-state index in [1.54, 1.807) is 35.0 Å². The molecule has 0 saturated carbocycles. The number of amides is 1. The average Bonchev–Trinajstić information content (AvgIpc) is 3.15. The molecule has 0 aliphatic rings. The van der Waals surface area contributed by atoms with Gasteiger partial charge in [0.25, 0.3) is 0 Å². The van der Waals surface area contributed by atoms with Gasteiger partial charge in [-0.05, 0) is 42.5 Å². The van der Waals surface area contributed by atoms with Crippen LogP contribution >= 0.6 is 11.8 Å². The highest BCUT2D eigenvalue weighted by Gasteiger charge is 2.06. The number of nitrogens with one attached hydrogen (secondary N) is 1. The second kappa shape index (κ2) is 8.43. The van der Waals surface area contributed by atoms with E-state index in [9.17, 15) is 4.79 Å². The number of hydrogen-bond acceptors (Lipinski definition) is 5. The molecule has 3 aromatic rings. The van der Waals surface area contributed by atoms with E-state index in [4.69, 9.17) is 0 Å². The zero-order chi connectivity index (χ0) is 17.5. The summed E-state index contributed by atoms with van der Waals surface area (Å²) in [6, 6.07) is 12.0. The molecule has 0 radical (unpaired) electrons. The third-order valence-corrected chi connectivity index (χ3v) is 4.46. The Hall–Kier alpha value is -2.67. The lowest BCUT2D eigenvalue weighted by atomic mass is 10.1. The lowest BCUT2D eigenvalue weighted by Gasteiger charge is -2.04. The topological polar surface area (TPSA) is 72.7 Å². The van der Waals surface area contributed by atoms with Crippen LogP contribution in [0.25, 0.3) is 5.69 Å². The number of rotatable bonds is 7. The van der Waals surface area contributed by atoms with Gasteiger partial charge in [-0.15, -0.1) is 16.9 Å². The van der Waals surface area contributed by atoms with Crippen molar-refractivity contribution in [3.8, 4) is 5.69 Å². The third kappa shape index (κ3) is 4.90. The van der Waals surface area contributed by atoms with E-state index < -0.39 is 0 Å². The number of thioether (sulfide) groups is 1. The summed E-state index contributed by atoms with van der Waals surface area (Å²) >= 11 is 1.71. The second-order valence-corrected chi connectivity index (χ2v) is 6.37. The van der Waals surface area contributed by atoms with Gasteiger partial charge in [-0.1, -0.05) is 17.3 Å². The predicted octanol–water partition coefficient (Wildman–Crippen LogP) is 2.63. The molecule has 6 nitrogen and oxygen atoms in total. The fraction of sp³-hybridized carbons (Fsp3) is 0.222. The predicted molar refractivity (Wildman–Crippen MR) is 97.5 cm³/mol. The Morgan fingerprint density at radius 3 is 2.80 bits per heavy atom. The highest BCUT2D eigenvalue weighted by molar-refractivity contribution is 7.98. The summed E-state index contributed by atoms with van der Waals surface area (Å²) in [7, 11) is 0. The molecule has 128 valence electrons. The molecule has 0 fully saturated rings. The Morgan fingerprint density at radius 1 is 1.24 bits per heavy atom. The normalized spacial score (nSPS) is 10.6. The van der Waals surface area contributed by atoms with Gasteiger partial charge in [0.05, 0.1) is 24.6 Å². The molecular formula is C18H19N5OS. The molecule has 7 heteroatoms. The molecule has 1 aromatic carbocycles. The summed E-state index contributed by atoms with van der Waals surface area (Å²) in [5.74, 6) is 0.00451. The van der Waals surface area contributed by atoms with Crippen LogP contribution in [0, 0.1) is 0 Å². The van der Waals surface area contributed by atoms with Crippen LogP contribution in [0.3, 0.4) is 0 Å². The molecule has 0 spiro atoms. The second-order valence-electron chi connectivity index (χ2n) is 5.49. The van der Waals surface area contributed by atoms with E-state index in [0.717, 1.165) is 17.7 Å². The van der Waals surface area contributed by atoms with E-state index in [-0.39, 0.29) is 5.91 Å². The van der Waals surface area contributed by atoms with Crippen LogP contribution < -0.4 is 5.32 Å². The van der Waals surface area contributed by atoms with Crippen molar-refractivity contribution in [2.45, 2.75) is 24.3 Å². The van der Waals surface area contributed by atoms with Crippen LogP contribution in [0.5, 0.6) is 0 Å². The highest BCUT2D eigenvalue weighted by atomic mass is 32.2. The first-order chi connectivity index (χ1) is 12.2. The maximum atomic E-state index is 12.0. The van der Waals surface area contributed by atoms with E-state index >= 15 is 0 Å². The Kier molecular flexibility index (Phi) is 5.79. The highest BCUT2D eigenvalue weighted by Crippen LogP contribution is 2.15. The summed E-state index contributed by atoms with van der Waals surface area (Å²) in [6.07, 6.45) is 8.43. The van der Waals surface area contributed by atoms with Gasteiger partial charge in [0, 0.05) is 17.5 Å². The molecule has 0 unspecified atom stereocenters. The Balaban J connectivity index is 1.46. The number of carbonyl (C=O) groups is 1. The van der Waals surface area contributed by atoms with Crippen molar-refractivity contribution in [1.29, 1.82) is 0 Å². The molecule has 0 bridgehead atoms. The van der Waals surface area contributed by atoms with Gasteiger partial charge in [0.2, 0.25) is 5.91 Å². The smallest absolute Gasteiger partial charge is 0.220 e. The minimum atomic E-state index is 0.00451. The van der Waals surface area contributed by atoms with Crippen molar-refractivity contribution in [1.82, 2.24) is 25.3 Å². The van der Waals surface area contributed by atoms with Crippen molar-refractivity contribution in [2.24, 2.45) is 0 Å². The zero-order valence-corrected chi connectivity index (χ0v) is 14.7. The maximum Gasteiger partial charge on any atom is 0.220 e. The first kappa shape index (κ1) is 17.2. The molecule has 3 rings (SSSR count). The molecule has 1 N–H and O–H groups in total. The van der Waals surface area contributed by atoms with Crippen LogP contribution in [-0.2, 0) is 17.8 Å². The molecule has 25 heavy (non-hydrogen) atoms. The number of benzene rings is 1. The van der Waals surface area contributed by atoms with Crippen molar-refractivity contribution >= 4 is 17.7 Å². The molecule has 1 amide bonds. The van der Waals surface area contributed by atoms with Crippen LogP contribution in [-0.4, -0.2) is 32.1 Å². The Labute approximate surface area is 150 Å². The first-order valence-electron chi connectivity index (χ1n) is 7.96. The Bertz CT molecular complexity index is 817. The summed E-state index contributed by atoms with van der Waals surface area (Å²) < 4.78 is 1.64. The van der Waals surface area contributed by atoms with Crippen LogP contribution in [0.1, 0.15) is 17.7 Å². The van der Waals surface area contributed by atoms with Crippen molar-refractivity contribution in [3.05, 3.63) is 66.2 Å². The van der Waals surface area contributed by atoms with Gasteiger partial charge in [-0.3, -0.25) is 9.78 Å². The van der Waals surface area contributed by atoms with Crippen molar-refractivity contribution in [2.75, 3.05) is 6.26 Å². The van der Waals surface area contributed by atoms with Crippen LogP contribution in [0.2, 0.25) is 0 Å². The van der Waals surface area contributed by atoms with E-state index in [0.29, 0.717) is 18.7 Å². The van der Waals surface area contributed by atoms with Gasteiger partial charge in [0.15, 0.2) is 0 Å². The zero-order valence-electron chi connectivity index (χ0n) is 13.9. The molecule has 0 aliphatic heterocycles. The molecule has 2 aromatic heterocycles. The lowest BCUT2D eigenvalue weighted by molar-refractivity contribution is -0.121. The summed E-state index contributed by atoms with van der Waals surface area (Å²) in [4.78, 5) is 17.3. The number of carbonyl (C=O) groups excluding carboxylic acids is 1. The van der Waals surface area contributed by atoms with Gasteiger partial charge in [0.1, 0.15) is 5.69 Å². The molecule has 2 heterocycles. The van der Waals surface area contributed by atoms with E-state index in [2.05, 4.69) is 44.9 Å². The molecule has 0 atom stereocenters. The minimum Gasteiger partial charge on any atom is -0.350 e. The van der Waals surface area contributed by atoms with Gasteiger partial charge >= 0.3 is 0 Å². The molecule has 0 aliphatic carbocycles. The fourth-order valence-corrected chi connectivity index (χ4v) is 2.73. The van der Waals surface area contributed by atoms with Crippen LogP contribution in [0.15, 0.2) is 59.9 Å². The monoisotopic (exact) mass is 353 g/mol. The Morgan fingerprint density at radius 2 is 2.08 bits per heavy atom. The molecular weight excluding hydrogens is 334 g/mol. The third-order valence-electron chi connectivity index (χ3n) is 3.72. The minimum absolute atomic E-state index is 0.00451. The van der Waals surface area contributed by atoms with Crippen molar-refractivity contribution in [3.63, 3.8) is 0 Å². The standard InChI is InChI=1S/C18H19N5OS/c1-25-17-7-4-14(5-8-17)6-9-18(24)20-11-15-13-23(22-21-15)16-3-2-10-19-12-16/h2-5,7-8,10,12-13H,6,9,11H2,1H3,(H,20,24). The number of pyridine rings is 1. The summed E-state index contributed by atoms with van der Waals surface area (Å²) in [5, 5.41) is 11.0. The lowest BCUT2D eigenvalue weighted by Crippen LogP contribution is -2.23. The summed E-state index contributed by atoms with van der Waals surface area (Å²) in [5.41, 5.74) is 2.71. The van der Waals surface area contributed by atoms with E-state index in [1.807, 2.05) is 18.4 Å². The quantitative estimate of drug-likeness (QED) is 0.661. The molecule has 0 saturated heterocycles.